The molecule has 1 rings (SSSR count). The van der Waals surface area contributed by atoms with E-state index in [1.807, 2.05) is 0 Å². The first-order chi connectivity index (χ1) is 18.5. The highest BCUT2D eigenvalue weighted by Gasteiger charge is 2.11. The van der Waals surface area contributed by atoms with Crippen molar-refractivity contribution in [2.75, 3.05) is 53.4 Å². The van der Waals surface area contributed by atoms with Gasteiger partial charge in [-0.05, 0) is 58.2 Å². The number of carbonyl (C=O) groups excluding carboxylic acids is 2. The Morgan fingerprint density at radius 3 is 1.34 bits per heavy atom. The lowest BCUT2D eigenvalue weighted by molar-refractivity contribution is 0.0949. The van der Waals surface area contributed by atoms with Crippen LogP contribution in [-0.2, 0) is 0 Å². The van der Waals surface area contributed by atoms with Gasteiger partial charge in [0.25, 0.3) is 11.8 Å². The van der Waals surface area contributed by atoms with E-state index in [9.17, 15) is 9.59 Å². The van der Waals surface area contributed by atoms with Crippen LogP contribution in [0.5, 0.6) is 0 Å². The van der Waals surface area contributed by atoms with Crippen molar-refractivity contribution in [1.82, 2.24) is 20.4 Å². The van der Waals surface area contributed by atoms with Crippen molar-refractivity contribution in [2.45, 2.75) is 104 Å². The number of hydrogen-bond acceptors (Lipinski definition) is 4. The molecule has 0 heterocycles. The van der Waals surface area contributed by atoms with E-state index >= 15 is 0 Å². The molecular weight excluding hydrogens is 472 g/mol. The van der Waals surface area contributed by atoms with Gasteiger partial charge in [-0.15, -0.1) is 0 Å². The Bertz CT molecular complexity index is 683. The van der Waals surface area contributed by atoms with E-state index in [-0.39, 0.29) is 11.8 Å². The summed E-state index contributed by atoms with van der Waals surface area (Å²) in [6, 6.07) is 7.01. The van der Waals surface area contributed by atoms with Crippen LogP contribution in [0.1, 0.15) is 124 Å². The molecule has 0 aliphatic rings. The predicted octanol–water partition coefficient (Wildman–Crippen LogP) is 6.51. The Labute approximate surface area is 234 Å². The first kappa shape index (κ1) is 34.1. The summed E-state index contributed by atoms with van der Waals surface area (Å²) < 4.78 is 0. The average Bonchev–Trinajstić information content (AvgIpc) is 2.92. The van der Waals surface area contributed by atoms with Crippen LogP contribution >= 0.6 is 0 Å². The van der Waals surface area contributed by atoms with E-state index in [1.165, 1.54) is 89.9 Å². The summed E-state index contributed by atoms with van der Waals surface area (Å²) in [6.45, 7) is 9.49. The monoisotopic (exact) mass is 530 g/mol. The second kappa shape index (κ2) is 23.0. The number of nitrogens with zero attached hydrogens (tertiary/aromatic N) is 2. The molecule has 1 aromatic rings. The van der Waals surface area contributed by atoms with E-state index in [2.05, 4.69) is 48.4 Å². The number of amides is 2. The second-order valence-electron chi connectivity index (χ2n) is 10.9. The highest BCUT2D eigenvalue weighted by molar-refractivity contribution is 5.99. The SMILES string of the molecule is CCCCCCCCCN(C)CCNC(=O)c1cccc(C(=O)NCCN(C)CCCCCCCCC)c1. The van der Waals surface area contributed by atoms with E-state index in [0.717, 1.165) is 26.2 Å². The highest BCUT2D eigenvalue weighted by atomic mass is 16.2. The third-order valence-corrected chi connectivity index (χ3v) is 7.23. The second-order valence-corrected chi connectivity index (χ2v) is 10.9. The molecule has 2 N–H and O–H groups in total. The van der Waals surface area contributed by atoms with Gasteiger partial charge < -0.3 is 20.4 Å². The van der Waals surface area contributed by atoms with Crippen molar-refractivity contribution < 1.29 is 9.59 Å². The highest BCUT2D eigenvalue weighted by Crippen LogP contribution is 2.09. The molecule has 0 radical (unpaired) electrons. The number of unbranched alkanes of at least 4 members (excludes halogenated alkanes) is 12. The molecule has 0 aliphatic carbocycles. The minimum absolute atomic E-state index is 0.126. The third-order valence-electron chi connectivity index (χ3n) is 7.23. The molecule has 0 saturated heterocycles. The van der Waals surface area contributed by atoms with Crippen LogP contribution in [0.2, 0.25) is 0 Å². The molecule has 0 fully saturated rings. The maximum absolute atomic E-state index is 12.6. The van der Waals surface area contributed by atoms with Crippen LogP contribution in [0.15, 0.2) is 24.3 Å². The fourth-order valence-corrected chi connectivity index (χ4v) is 4.63. The van der Waals surface area contributed by atoms with Gasteiger partial charge in [-0.25, -0.2) is 0 Å². The maximum Gasteiger partial charge on any atom is 0.251 e. The molecular formula is C32H58N4O2. The number of rotatable bonds is 24. The normalized spacial score (nSPS) is 11.3. The Morgan fingerprint density at radius 1 is 0.579 bits per heavy atom. The van der Waals surface area contributed by atoms with Gasteiger partial charge >= 0.3 is 0 Å². The molecule has 0 bridgehead atoms. The summed E-state index contributed by atoms with van der Waals surface area (Å²) >= 11 is 0. The summed E-state index contributed by atoms with van der Waals surface area (Å²) in [5.41, 5.74) is 1.06. The summed E-state index contributed by atoms with van der Waals surface area (Å²) in [5, 5.41) is 6.00. The Hall–Kier alpha value is -1.92. The van der Waals surface area contributed by atoms with Crippen molar-refractivity contribution in [3.05, 3.63) is 35.4 Å². The first-order valence-electron chi connectivity index (χ1n) is 15.5. The van der Waals surface area contributed by atoms with Gasteiger partial charge in [-0.1, -0.05) is 97.0 Å². The van der Waals surface area contributed by atoms with E-state index in [0.29, 0.717) is 24.2 Å². The van der Waals surface area contributed by atoms with E-state index < -0.39 is 0 Å². The van der Waals surface area contributed by atoms with Crippen molar-refractivity contribution in [3.63, 3.8) is 0 Å². The summed E-state index contributed by atoms with van der Waals surface area (Å²) in [5.74, 6) is -0.253. The van der Waals surface area contributed by atoms with Gasteiger partial charge in [0.2, 0.25) is 0 Å². The van der Waals surface area contributed by atoms with Crippen molar-refractivity contribution in [3.8, 4) is 0 Å². The van der Waals surface area contributed by atoms with E-state index in [1.54, 1.807) is 24.3 Å². The van der Waals surface area contributed by atoms with Gasteiger partial charge in [0.15, 0.2) is 0 Å². The van der Waals surface area contributed by atoms with Crippen LogP contribution in [-0.4, -0.2) is 75.0 Å². The number of benzene rings is 1. The molecule has 6 nitrogen and oxygen atoms in total. The minimum atomic E-state index is -0.126. The van der Waals surface area contributed by atoms with Gasteiger partial charge in [0.1, 0.15) is 0 Å². The van der Waals surface area contributed by atoms with Crippen molar-refractivity contribution in [2.24, 2.45) is 0 Å². The van der Waals surface area contributed by atoms with Crippen LogP contribution in [0.25, 0.3) is 0 Å². The quantitative estimate of drug-likeness (QED) is 0.150. The Kier molecular flexibility index (Phi) is 20.7. The zero-order chi connectivity index (χ0) is 27.8. The van der Waals surface area contributed by atoms with Crippen molar-refractivity contribution >= 4 is 11.8 Å². The summed E-state index contributed by atoms with van der Waals surface area (Å²) in [4.78, 5) is 29.8. The van der Waals surface area contributed by atoms with Gasteiger partial charge in [-0.2, -0.15) is 0 Å². The zero-order valence-electron chi connectivity index (χ0n) is 25.2. The molecule has 0 aliphatic heterocycles. The van der Waals surface area contributed by atoms with Crippen LogP contribution in [0.4, 0.5) is 0 Å². The molecule has 218 valence electrons. The lowest BCUT2D eigenvalue weighted by atomic mass is 10.1. The molecule has 0 spiro atoms. The summed E-state index contributed by atoms with van der Waals surface area (Å²) in [6.07, 6.45) is 18.3. The average molecular weight is 531 g/mol. The molecule has 0 saturated carbocycles. The third kappa shape index (κ3) is 17.6. The van der Waals surface area contributed by atoms with Gasteiger partial charge in [0.05, 0.1) is 0 Å². The van der Waals surface area contributed by atoms with Crippen LogP contribution in [0, 0.1) is 0 Å². The zero-order valence-corrected chi connectivity index (χ0v) is 25.2. The fourth-order valence-electron chi connectivity index (χ4n) is 4.63. The molecule has 0 unspecified atom stereocenters. The molecule has 0 aromatic heterocycles. The Morgan fingerprint density at radius 2 is 0.947 bits per heavy atom. The smallest absolute Gasteiger partial charge is 0.251 e. The Balaban J connectivity index is 2.22. The number of nitrogens with one attached hydrogen (secondary N) is 2. The molecule has 6 heteroatoms. The topological polar surface area (TPSA) is 64.7 Å². The maximum atomic E-state index is 12.6. The lowest BCUT2D eigenvalue weighted by Crippen LogP contribution is -2.34. The lowest BCUT2D eigenvalue weighted by Gasteiger charge is -2.17. The standard InChI is InChI=1S/C32H58N4O2/c1-5-7-9-11-13-15-17-24-35(3)26-22-33-31(37)29-20-19-21-30(28-29)32(38)34-23-27-36(4)25-18-16-14-12-10-8-6-2/h19-21,28H,5-18,22-27H2,1-4H3,(H,33,37)(H,34,38). The fraction of sp³-hybridized carbons (Fsp3) is 0.750. The number of hydrogen-bond donors (Lipinski definition) is 2. The van der Waals surface area contributed by atoms with Gasteiger partial charge in [-0.3, -0.25) is 9.59 Å². The number of likely N-dealkylation sites (N-methyl/N-ethyl adjacent to an activating group) is 2. The first-order valence-corrected chi connectivity index (χ1v) is 15.5. The molecule has 38 heavy (non-hydrogen) atoms. The molecule has 0 atom stereocenters. The summed E-state index contributed by atoms with van der Waals surface area (Å²) in [7, 11) is 4.22. The van der Waals surface area contributed by atoms with Crippen LogP contribution < -0.4 is 10.6 Å². The largest absolute Gasteiger partial charge is 0.351 e. The number of carbonyl (C=O) groups is 2. The van der Waals surface area contributed by atoms with Gasteiger partial charge in [0, 0.05) is 37.3 Å². The van der Waals surface area contributed by atoms with Crippen LogP contribution in [0.3, 0.4) is 0 Å². The molecule has 2 amide bonds. The predicted molar refractivity (Wildman–Crippen MR) is 162 cm³/mol. The minimum Gasteiger partial charge on any atom is -0.351 e. The molecule has 1 aromatic carbocycles. The van der Waals surface area contributed by atoms with Crippen molar-refractivity contribution in [1.29, 1.82) is 0 Å². The van der Waals surface area contributed by atoms with E-state index in [4.69, 9.17) is 0 Å².